The van der Waals surface area contributed by atoms with Crippen LogP contribution in [0.4, 0.5) is 0 Å². The quantitative estimate of drug-likeness (QED) is 0.558. The molecule has 0 aliphatic heterocycles. The number of benzene rings is 1. The number of fused-ring (bicyclic) bond motifs is 1. The van der Waals surface area contributed by atoms with E-state index in [0.717, 1.165) is 10.9 Å². The highest BCUT2D eigenvalue weighted by Gasteiger charge is 2.16. The first-order chi connectivity index (χ1) is 6.18. The zero-order valence-electron chi connectivity index (χ0n) is 6.53. The number of halogens is 1. The fourth-order valence-corrected chi connectivity index (χ4v) is 1.45. The largest absolute Gasteiger partial charge is 0.490 e. The molecule has 0 bridgehead atoms. The molecule has 0 aliphatic rings. The third-order valence-electron chi connectivity index (χ3n) is 1.84. The first kappa shape index (κ1) is 8.56. The molecule has 4 nitrogen and oxygen atoms in total. The molecular formula is C7H6BClN2O2. The third-order valence-corrected chi connectivity index (χ3v) is 2.16. The van der Waals surface area contributed by atoms with Crippen LogP contribution in [0.2, 0.25) is 5.02 Å². The van der Waals surface area contributed by atoms with E-state index >= 15 is 0 Å². The van der Waals surface area contributed by atoms with E-state index in [9.17, 15) is 0 Å². The Kier molecular flexibility index (Phi) is 1.99. The Morgan fingerprint density at radius 2 is 2.15 bits per heavy atom. The van der Waals surface area contributed by atoms with Gasteiger partial charge in [0.2, 0.25) is 0 Å². The molecule has 0 aliphatic carbocycles. The number of hydrogen-bond acceptors (Lipinski definition) is 3. The standard InChI is InChI=1S/C7H6BClN2O2/c9-6-1-4-3-10-11-7(4)2-5(6)8(12)13/h1-3,12-13H,(H,10,11). The minimum Gasteiger partial charge on any atom is -0.423 e. The van der Waals surface area contributed by atoms with Crippen molar-refractivity contribution < 1.29 is 10.0 Å². The van der Waals surface area contributed by atoms with Gasteiger partial charge in [0.1, 0.15) is 0 Å². The molecule has 6 heteroatoms. The highest BCUT2D eigenvalue weighted by atomic mass is 35.5. The molecule has 2 rings (SSSR count). The van der Waals surface area contributed by atoms with Crippen molar-refractivity contribution in [1.29, 1.82) is 0 Å². The maximum atomic E-state index is 8.94. The first-order valence-corrected chi connectivity index (χ1v) is 4.05. The lowest BCUT2D eigenvalue weighted by Crippen LogP contribution is -2.30. The number of aromatic nitrogens is 2. The second-order valence-electron chi connectivity index (χ2n) is 2.70. The van der Waals surface area contributed by atoms with Gasteiger partial charge < -0.3 is 10.0 Å². The number of nitrogens with zero attached hydrogens (tertiary/aromatic N) is 1. The fraction of sp³-hybridized carbons (Fsp3) is 0. The molecule has 0 amide bonds. The molecule has 1 aromatic carbocycles. The second-order valence-corrected chi connectivity index (χ2v) is 3.11. The van der Waals surface area contributed by atoms with Crippen LogP contribution in [0.3, 0.4) is 0 Å². The van der Waals surface area contributed by atoms with Gasteiger partial charge in [-0.05, 0) is 12.1 Å². The molecule has 3 N–H and O–H groups in total. The van der Waals surface area contributed by atoms with Gasteiger partial charge in [0.15, 0.2) is 0 Å². The molecule has 0 saturated heterocycles. The third kappa shape index (κ3) is 1.41. The summed E-state index contributed by atoms with van der Waals surface area (Å²) in [6, 6.07) is 3.20. The molecule has 2 aromatic rings. The van der Waals surface area contributed by atoms with Gasteiger partial charge in [0, 0.05) is 15.9 Å². The van der Waals surface area contributed by atoms with Crippen molar-refractivity contribution >= 4 is 35.1 Å². The van der Waals surface area contributed by atoms with E-state index in [4.69, 9.17) is 21.6 Å². The second kappa shape index (κ2) is 3.03. The van der Waals surface area contributed by atoms with Gasteiger partial charge in [-0.3, -0.25) is 5.10 Å². The van der Waals surface area contributed by atoms with Gasteiger partial charge in [-0.1, -0.05) is 11.6 Å². The predicted molar refractivity (Wildman–Crippen MR) is 50.9 cm³/mol. The lowest BCUT2D eigenvalue weighted by molar-refractivity contribution is 0.426. The number of rotatable bonds is 1. The van der Waals surface area contributed by atoms with Crippen LogP contribution in [0.25, 0.3) is 10.9 Å². The van der Waals surface area contributed by atoms with Crippen LogP contribution in [0.5, 0.6) is 0 Å². The molecule has 1 aromatic heterocycles. The van der Waals surface area contributed by atoms with E-state index < -0.39 is 7.12 Å². The van der Waals surface area contributed by atoms with E-state index in [-0.39, 0.29) is 5.46 Å². The van der Waals surface area contributed by atoms with Gasteiger partial charge in [0.25, 0.3) is 0 Å². The molecule has 0 fully saturated rings. The monoisotopic (exact) mass is 196 g/mol. The summed E-state index contributed by atoms with van der Waals surface area (Å²) in [5, 5.41) is 25.5. The van der Waals surface area contributed by atoms with Crippen molar-refractivity contribution in [2.75, 3.05) is 0 Å². The minimum atomic E-state index is -1.56. The van der Waals surface area contributed by atoms with Crippen molar-refractivity contribution in [3.8, 4) is 0 Å². The summed E-state index contributed by atoms with van der Waals surface area (Å²) in [6.45, 7) is 0. The van der Waals surface area contributed by atoms with Crippen LogP contribution in [0.15, 0.2) is 18.3 Å². The summed E-state index contributed by atoms with van der Waals surface area (Å²) in [6.07, 6.45) is 1.62. The summed E-state index contributed by atoms with van der Waals surface area (Å²) in [5.74, 6) is 0. The van der Waals surface area contributed by atoms with E-state index in [1.807, 2.05) is 0 Å². The highest BCUT2D eigenvalue weighted by molar-refractivity contribution is 6.63. The maximum absolute atomic E-state index is 8.94. The Labute approximate surface area is 79.3 Å². The molecule has 13 heavy (non-hydrogen) atoms. The number of hydrogen-bond donors (Lipinski definition) is 3. The van der Waals surface area contributed by atoms with Gasteiger partial charge in [0.05, 0.1) is 11.7 Å². The van der Waals surface area contributed by atoms with Crippen LogP contribution >= 0.6 is 11.6 Å². The normalized spacial score (nSPS) is 10.7. The summed E-state index contributed by atoms with van der Waals surface area (Å²) >= 11 is 5.79. The van der Waals surface area contributed by atoms with Gasteiger partial charge in [-0.15, -0.1) is 0 Å². The topological polar surface area (TPSA) is 69.1 Å². The Morgan fingerprint density at radius 1 is 1.38 bits per heavy atom. The Morgan fingerprint density at radius 3 is 2.85 bits per heavy atom. The van der Waals surface area contributed by atoms with Crippen molar-refractivity contribution in [3.63, 3.8) is 0 Å². The predicted octanol–water partition coefficient (Wildman–Crippen LogP) is -0.104. The summed E-state index contributed by atoms with van der Waals surface area (Å²) < 4.78 is 0. The first-order valence-electron chi connectivity index (χ1n) is 3.67. The van der Waals surface area contributed by atoms with E-state index in [0.29, 0.717) is 5.02 Å². The lowest BCUT2D eigenvalue weighted by Gasteiger charge is -2.01. The van der Waals surface area contributed by atoms with Crippen LogP contribution in [0, 0.1) is 0 Å². The molecule has 0 unspecified atom stereocenters. The SMILES string of the molecule is OB(O)c1cc2[nH]ncc2cc1Cl. The minimum absolute atomic E-state index is 0.276. The Balaban J connectivity index is 2.69. The number of nitrogens with one attached hydrogen (secondary N) is 1. The smallest absolute Gasteiger partial charge is 0.423 e. The summed E-state index contributed by atoms with van der Waals surface area (Å²) in [4.78, 5) is 0. The molecule has 0 atom stereocenters. The van der Waals surface area contributed by atoms with Crippen molar-refractivity contribution in [2.45, 2.75) is 0 Å². The van der Waals surface area contributed by atoms with Crippen molar-refractivity contribution in [1.82, 2.24) is 10.2 Å². The van der Waals surface area contributed by atoms with Gasteiger partial charge in [-0.25, -0.2) is 0 Å². The molecule has 0 spiro atoms. The molecule has 0 saturated carbocycles. The zero-order valence-corrected chi connectivity index (χ0v) is 7.28. The lowest BCUT2D eigenvalue weighted by atomic mass is 9.80. The van der Waals surface area contributed by atoms with Gasteiger partial charge in [-0.2, -0.15) is 5.10 Å². The molecule has 0 radical (unpaired) electrons. The number of H-pyrrole nitrogens is 1. The average Bonchev–Trinajstić information content (AvgIpc) is 2.48. The van der Waals surface area contributed by atoms with E-state index in [1.54, 1.807) is 18.3 Å². The molecule has 1 heterocycles. The molecular weight excluding hydrogens is 190 g/mol. The van der Waals surface area contributed by atoms with E-state index in [1.165, 1.54) is 0 Å². The van der Waals surface area contributed by atoms with Crippen LogP contribution < -0.4 is 5.46 Å². The fourth-order valence-electron chi connectivity index (χ4n) is 1.18. The maximum Gasteiger partial charge on any atom is 0.490 e. The number of aromatic amines is 1. The van der Waals surface area contributed by atoms with Crippen LogP contribution in [-0.2, 0) is 0 Å². The van der Waals surface area contributed by atoms with Gasteiger partial charge >= 0.3 is 7.12 Å². The van der Waals surface area contributed by atoms with Crippen molar-refractivity contribution in [3.05, 3.63) is 23.4 Å². The molecule has 66 valence electrons. The summed E-state index contributed by atoms with van der Waals surface area (Å²) in [7, 11) is -1.56. The van der Waals surface area contributed by atoms with E-state index in [2.05, 4.69) is 10.2 Å². The Hall–Kier alpha value is -1.04. The zero-order chi connectivity index (χ0) is 9.42. The van der Waals surface area contributed by atoms with Crippen LogP contribution in [0.1, 0.15) is 0 Å². The van der Waals surface area contributed by atoms with Crippen LogP contribution in [-0.4, -0.2) is 27.4 Å². The van der Waals surface area contributed by atoms with Crippen molar-refractivity contribution in [2.24, 2.45) is 0 Å². The average molecular weight is 196 g/mol. The Bertz CT molecular complexity index is 443. The summed E-state index contributed by atoms with van der Waals surface area (Å²) in [5.41, 5.74) is 1.01. The highest BCUT2D eigenvalue weighted by Crippen LogP contribution is 2.15.